The summed E-state index contributed by atoms with van der Waals surface area (Å²) in [5.41, 5.74) is 2.13. The number of fused-ring (bicyclic) bond motifs is 1. The van der Waals surface area contributed by atoms with Crippen molar-refractivity contribution in [2.75, 3.05) is 7.11 Å². The molecule has 15 heavy (non-hydrogen) atoms. The molecule has 0 saturated heterocycles. The van der Waals surface area contributed by atoms with Gasteiger partial charge in [0, 0.05) is 16.6 Å². The maximum atomic E-state index is 11.0. The SMILES string of the molecule is COC(=O)CCc1cc2c[c]ccc2[nH]1. The van der Waals surface area contributed by atoms with E-state index < -0.39 is 0 Å². The van der Waals surface area contributed by atoms with Crippen LogP contribution in [0.5, 0.6) is 0 Å². The van der Waals surface area contributed by atoms with Gasteiger partial charge in [-0.15, -0.1) is 0 Å². The van der Waals surface area contributed by atoms with Crippen molar-refractivity contribution in [1.82, 2.24) is 4.98 Å². The van der Waals surface area contributed by atoms with Crippen LogP contribution in [0.4, 0.5) is 0 Å². The highest BCUT2D eigenvalue weighted by Gasteiger charge is 2.03. The minimum absolute atomic E-state index is 0.180. The number of aromatic nitrogens is 1. The number of carbonyl (C=O) groups excluding carboxylic acids is 1. The number of H-pyrrole nitrogens is 1. The van der Waals surface area contributed by atoms with Crippen molar-refractivity contribution >= 4 is 16.9 Å². The Hall–Kier alpha value is -1.77. The number of esters is 1. The van der Waals surface area contributed by atoms with Crippen molar-refractivity contribution in [1.29, 1.82) is 0 Å². The summed E-state index contributed by atoms with van der Waals surface area (Å²) in [6, 6.07) is 10.8. The molecule has 0 fully saturated rings. The van der Waals surface area contributed by atoms with Crippen LogP contribution in [0.25, 0.3) is 10.9 Å². The van der Waals surface area contributed by atoms with Gasteiger partial charge in [-0.3, -0.25) is 4.79 Å². The quantitative estimate of drug-likeness (QED) is 0.774. The van der Waals surface area contributed by atoms with Crippen molar-refractivity contribution in [3.8, 4) is 0 Å². The third kappa shape index (κ3) is 2.18. The van der Waals surface area contributed by atoms with Gasteiger partial charge in [-0.2, -0.15) is 0 Å². The predicted molar refractivity (Wildman–Crippen MR) is 57.5 cm³/mol. The van der Waals surface area contributed by atoms with Crippen LogP contribution in [-0.4, -0.2) is 18.1 Å². The third-order valence-corrected chi connectivity index (χ3v) is 2.35. The highest BCUT2D eigenvalue weighted by atomic mass is 16.5. The van der Waals surface area contributed by atoms with Crippen molar-refractivity contribution in [3.05, 3.63) is 36.0 Å². The van der Waals surface area contributed by atoms with Gasteiger partial charge in [-0.25, -0.2) is 0 Å². The highest BCUT2D eigenvalue weighted by Crippen LogP contribution is 2.15. The Balaban J connectivity index is 2.12. The highest BCUT2D eigenvalue weighted by molar-refractivity contribution is 5.80. The fourth-order valence-electron chi connectivity index (χ4n) is 1.55. The van der Waals surface area contributed by atoms with Crippen molar-refractivity contribution in [3.63, 3.8) is 0 Å². The number of rotatable bonds is 3. The number of methoxy groups -OCH3 is 1. The molecular formula is C12H12NO2. The van der Waals surface area contributed by atoms with Crippen LogP contribution in [0.2, 0.25) is 0 Å². The molecule has 1 N–H and O–H groups in total. The first-order valence-electron chi connectivity index (χ1n) is 4.84. The Labute approximate surface area is 88.1 Å². The van der Waals surface area contributed by atoms with Crippen LogP contribution in [-0.2, 0) is 16.0 Å². The molecule has 0 atom stereocenters. The van der Waals surface area contributed by atoms with Gasteiger partial charge in [0.1, 0.15) is 0 Å². The number of ether oxygens (including phenoxy) is 1. The summed E-state index contributed by atoms with van der Waals surface area (Å²) in [7, 11) is 1.41. The average Bonchev–Trinajstić information content (AvgIpc) is 2.68. The van der Waals surface area contributed by atoms with Gasteiger partial charge in [0.15, 0.2) is 0 Å². The molecule has 1 heterocycles. The minimum Gasteiger partial charge on any atom is -0.469 e. The fourth-order valence-corrected chi connectivity index (χ4v) is 1.55. The first-order valence-corrected chi connectivity index (χ1v) is 4.84. The Bertz CT molecular complexity index is 440. The Morgan fingerprint density at radius 1 is 1.60 bits per heavy atom. The zero-order chi connectivity index (χ0) is 10.7. The molecular weight excluding hydrogens is 190 g/mol. The minimum atomic E-state index is -0.180. The molecule has 2 rings (SSSR count). The summed E-state index contributed by atoms with van der Waals surface area (Å²) >= 11 is 0. The third-order valence-electron chi connectivity index (χ3n) is 2.35. The molecule has 77 valence electrons. The van der Waals surface area contributed by atoms with E-state index in [1.165, 1.54) is 7.11 Å². The topological polar surface area (TPSA) is 42.1 Å². The Morgan fingerprint density at radius 3 is 3.20 bits per heavy atom. The molecule has 3 heteroatoms. The van der Waals surface area contributed by atoms with Gasteiger partial charge in [0.05, 0.1) is 13.5 Å². The first kappa shape index (κ1) is 9.77. The van der Waals surface area contributed by atoms with E-state index in [0.717, 1.165) is 16.6 Å². The van der Waals surface area contributed by atoms with Gasteiger partial charge in [0.25, 0.3) is 0 Å². The lowest BCUT2D eigenvalue weighted by Gasteiger charge is -1.96. The normalized spacial score (nSPS) is 10.5. The van der Waals surface area contributed by atoms with Gasteiger partial charge < -0.3 is 9.72 Å². The molecule has 0 aliphatic carbocycles. The zero-order valence-electron chi connectivity index (χ0n) is 8.54. The molecule has 0 aliphatic heterocycles. The first-order chi connectivity index (χ1) is 7.29. The number of carbonyl (C=O) groups is 1. The Morgan fingerprint density at radius 2 is 2.47 bits per heavy atom. The maximum absolute atomic E-state index is 11.0. The second kappa shape index (κ2) is 4.17. The lowest BCUT2D eigenvalue weighted by Crippen LogP contribution is -2.01. The van der Waals surface area contributed by atoms with E-state index in [-0.39, 0.29) is 5.97 Å². The summed E-state index contributed by atoms with van der Waals surface area (Å²) in [5.74, 6) is -0.180. The smallest absolute Gasteiger partial charge is 0.305 e. The summed E-state index contributed by atoms with van der Waals surface area (Å²) in [4.78, 5) is 14.2. The molecule has 1 radical (unpaired) electrons. The molecule has 0 amide bonds. The second-order valence-electron chi connectivity index (χ2n) is 3.38. The van der Waals surface area contributed by atoms with Gasteiger partial charge in [-0.05, 0) is 30.7 Å². The number of benzene rings is 1. The van der Waals surface area contributed by atoms with Crippen LogP contribution in [0.15, 0.2) is 24.3 Å². The van der Waals surface area contributed by atoms with E-state index in [0.29, 0.717) is 12.8 Å². The molecule has 0 unspecified atom stereocenters. The summed E-state index contributed by atoms with van der Waals surface area (Å²) in [6.07, 6.45) is 1.09. The molecule has 1 aromatic heterocycles. The van der Waals surface area contributed by atoms with E-state index in [9.17, 15) is 4.79 Å². The molecule has 0 bridgehead atoms. The van der Waals surface area contributed by atoms with Crippen LogP contribution < -0.4 is 0 Å². The number of hydrogen-bond acceptors (Lipinski definition) is 2. The molecule has 2 aromatic rings. The number of nitrogens with one attached hydrogen (secondary N) is 1. The van der Waals surface area contributed by atoms with E-state index in [1.807, 2.05) is 24.3 Å². The van der Waals surface area contributed by atoms with Crippen molar-refractivity contribution < 1.29 is 9.53 Å². The van der Waals surface area contributed by atoms with E-state index in [1.54, 1.807) is 0 Å². The van der Waals surface area contributed by atoms with Crippen molar-refractivity contribution in [2.45, 2.75) is 12.8 Å². The number of aryl methyl sites for hydroxylation is 1. The number of aromatic amines is 1. The largest absolute Gasteiger partial charge is 0.469 e. The zero-order valence-corrected chi connectivity index (χ0v) is 8.54. The molecule has 1 aromatic carbocycles. The summed E-state index contributed by atoms with van der Waals surface area (Å²) in [6.45, 7) is 0. The standard InChI is InChI=1S/C12H12NO2/c1-15-12(14)7-6-10-8-9-4-2-3-5-11(9)13-10/h3-5,8,13H,6-7H2,1H3. The fraction of sp³-hybridized carbons (Fsp3) is 0.250. The van der Waals surface area contributed by atoms with Crippen molar-refractivity contribution in [2.24, 2.45) is 0 Å². The monoisotopic (exact) mass is 202 g/mol. The van der Waals surface area contributed by atoms with Crippen LogP contribution in [0.3, 0.4) is 0 Å². The lowest BCUT2D eigenvalue weighted by molar-refractivity contribution is -0.140. The second-order valence-corrected chi connectivity index (χ2v) is 3.38. The van der Waals surface area contributed by atoms with E-state index in [4.69, 9.17) is 0 Å². The molecule has 0 spiro atoms. The van der Waals surface area contributed by atoms with Crippen LogP contribution in [0, 0.1) is 6.07 Å². The van der Waals surface area contributed by atoms with Gasteiger partial charge >= 0.3 is 5.97 Å². The summed E-state index contributed by atoms with van der Waals surface area (Å²) < 4.78 is 4.59. The van der Waals surface area contributed by atoms with Gasteiger partial charge in [-0.1, -0.05) is 6.07 Å². The molecule has 0 aliphatic rings. The van der Waals surface area contributed by atoms with Crippen LogP contribution >= 0.6 is 0 Å². The molecule has 3 nitrogen and oxygen atoms in total. The summed E-state index contributed by atoms with van der Waals surface area (Å²) in [5, 5.41) is 1.12. The van der Waals surface area contributed by atoms with Gasteiger partial charge in [0.2, 0.25) is 0 Å². The predicted octanol–water partition coefficient (Wildman–Crippen LogP) is 2.07. The average molecular weight is 202 g/mol. The van der Waals surface area contributed by atoms with Crippen LogP contribution in [0.1, 0.15) is 12.1 Å². The molecule has 0 saturated carbocycles. The number of hydrogen-bond donors (Lipinski definition) is 1. The maximum Gasteiger partial charge on any atom is 0.305 e. The van der Waals surface area contributed by atoms with E-state index >= 15 is 0 Å². The Kier molecular flexibility index (Phi) is 2.72. The van der Waals surface area contributed by atoms with E-state index in [2.05, 4.69) is 15.8 Å². The lowest BCUT2D eigenvalue weighted by atomic mass is 10.2.